The fourth-order valence-corrected chi connectivity index (χ4v) is 3.61. The lowest BCUT2D eigenvalue weighted by Gasteiger charge is -2.17. The SMILES string of the molecule is CCc1ccc(C(=O)OCC(=O)N(CC)c2nc3ccccc3s2)cc1. The third-order valence-electron chi connectivity index (χ3n) is 4.06. The highest BCUT2D eigenvalue weighted by Gasteiger charge is 2.20. The van der Waals surface area contributed by atoms with Gasteiger partial charge in [-0.1, -0.05) is 42.5 Å². The molecule has 0 spiro atoms. The number of fused-ring (bicyclic) bond motifs is 1. The number of benzene rings is 2. The van der Waals surface area contributed by atoms with E-state index in [4.69, 9.17) is 4.74 Å². The molecular formula is C20H20N2O3S. The van der Waals surface area contributed by atoms with Crippen LogP contribution < -0.4 is 4.90 Å². The highest BCUT2D eigenvalue weighted by molar-refractivity contribution is 7.22. The van der Waals surface area contributed by atoms with Crippen LogP contribution in [0.1, 0.15) is 29.8 Å². The van der Waals surface area contributed by atoms with Crippen LogP contribution >= 0.6 is 11.3 Å². The molecule has 0 saturated heterocycles. The quantitative estimate of drug-likeness (QED) is 0.616. The maximum Gasteiger partial charge on any atom is 0.338 e. The normalized spacial score (nSPS) is 10.7. The molecule has 0 radical (unpaired) electrons. The van der Waals surface area contributed by atoms with E-state index in [1.165, 1.54) is 16.2 Å². The molecule has 5 nitrogen and oxygen atoms in total. The predicted molar refractivity (Wildman–Crippen MR) is 104 cm³/mol. The third kappa shape index (κ3) is 3.91. The molecule has 1 aromatic heterocycles. The average molecular weight is 368 g/mol. The van der Waals surface area contributed by atoms with Gasteiger partial charge in [-0.25, -0.2) is 9.78 Å². The first-order valence-corrected chi connectivity index (χ1v) is 9.36. The highest BCUT2D eigenvalue weighted by Crippen LogP contribution is 2.28. The molecule has 0 bridgehead atoms. The van der Waals surface area contributed by atoms with Gasteiger partial charge in [-0.3, -0.25) is 9.69 Å². The second-order valence-corrected chi connectivity index (χ2v) is 6.74. The number of aromatic nitrogens is 1. The van der Waals surface area contributed by atoms with Gasteiger partial charge in [0.25, 0.3) is 5.91 Å². The van der Waals surface area contributed by atoms with Gasteiger partial charge in [0.2, 0.25) is 0 Å². The van der Waals surface area contributed by atoms with E-state index in [2.05, 4.69) is 4.98 Å². The molecule has 0 aliphatic rings. The number of thiazole rings is 1. The van der Waals surface area contributed by atoms with Crippen LogP contribution in [0.5, 0.6) is 0 Å². The van der Waals surface area contributed by atoms with E-state index in [1.807, 2.05) is 50.2 Å². The van der Waals surface area contributed by atoms with Crippen molar-refractivity contribution in [3.63, 3.8) is 0 Å². The van der Waals surface area contributed by atoms with Gasteiger partial charge >= 0.3 is 5.97 Å². The molecule has 26 heavy (non-hydrogen) atoms. The Morgan fingerprint density at radius 2 is 1.81 bits per heavy atom. The van der Waals surface area contributed by atoms with Crippen LogP contribution in [-0.4, -0.2) is 30.0 Å². The highest BCUT2D eigenvalue weighted by atomic mass is 32.1. The summed E-state index contributed by atoms with van der Waals surface area (Å²) in [5, 5.41) is 0.613. The van der Waals surface area contributed by atoms with Gasteiger partial charge in [-0.05, 0) is 43.2 Å². The lowest BCUT2D eigenvalue weighted by molar-refractivity contribution is -0.121. The summed E-state index contributed by atoms with van der Waals surface area (Å²) in [5.41, 5.74) is 2.44. The van der Waals surface area contributed by atoms with E-state index in [9.17, 15) is 9.59 Å². The molecule has 0 atom stereocenters. The molecule has 3 aromatic rings. The van der Waals surface area contributed by atoms with Crippen molar-refractivity contribution in [3.8, 4) is 0 Å². The largest absolute Gasteiger partial charge is 0.452 e. The van der Waals surface area contributed by atoms with Crippen molar-refractivity contribution < 1.29 is 14.3 Å². The summed E-state index contributed by atoms with van der Waals surface area (Å²) in [6.07, 6.45) is 0.904. The van der Waals surface area contributed by atoms with E-state index >= 15 is 0 Å². The molecule has 0 N–H and O–H groups in total. The van der Waals surface area contributed by atoms with E-state index in [1.54, 1.807) is 12.1 Å². The number of esters is 1. The Morgan fingerprint density at radius 3 is 2.46 bits per heavy atom. The Morgan fingerprint density at radius 1 is 1.08 bits per heavy atom. The molecule has 3 rings (SSSR count). The third-order valence-corrected chi connectivity index (χ3v) is 5.11. The van der Waals surface area contributed by atoms with Crippen LogP contribution in [0.4, 0.5) is 5.13 Å². The van der Waals surface area contributed by atoms with E-state index < -0.39 is 5.97 Å². The van der Waals surface area contributed by atoms with Crippen molar-refractivity contribution in [1.82, 2.24) is 4.98 Å². The zero-order valence-corrected chi connectivity index (χ0v) is 15.6. The number of para-hydroxylation sites is 1. The minimum absolute atomic E-state index is 0.287. The fourth-order valence-electron chi connectivity index (χ4n) is 2.56. The van der Waals surface area contributed by atoms with Gasteiger partial charge < -0.3 is 4.74 Å². The number of anilines is 1. The number of rotatable bonds is 6. The molecule has 1 amide bonds. The maximum atomic E-state index is 12.5. The van der Waals surface area contributed by atoms with Crippen LogP contribution in [0.2, 0.25) is 0 Å². The van der Waals surface area contributed by atoms with Gasteiger partial charge in [0.05, 0.1) is 15.8 Å². The van der Waals surface area contributed by atoms with Crippen molar-refractivity contribution in [2.24, 2.45) is 0 Å². The van der Waals surface area contributed by atoms with E-state index in [-0.39, 0.29) is 12.5 Å². The fraction of sp³-hybridized carbons (Fsp3) is 0.250. The molecule has 0 unspecified atom stereocenters. The van der Waals surface area contributed by atoms with Gasteiger partial charge in [0, 0.05) is 6.54 Å². The van der Waals surface area contributed by atoms with Gasteiger partial charge in [-0.2, -0.15) is 0 Å². The number of ether oxygens (including phenoxy) is 1. The summed E-state index contributed by atoms with van der Waals surface area (Å²) in [6, 6.07) is 14.9. The number of hydrogen-bond acceptors (Lipinski definition) is 5. The lowest BCUT2D eigenvalue weighted by Crippen LogP contribution is -2.34. The van der Waals surface area contributed by atoms with Crippen LogP contribution in [0.3, 0.4) is 0 Å². The summed E-state index contributed by atoms with van der Waals surface area (Å²) >= 11 is 1.45. The van der Waals surface area contributed by atoms with Crippen molar-refractivity contribution in [2.75, 3.05) is 18.1 Å². The van der Waals surface area contributed by atoms with E-state index in [0.717, 1.165) is 22.2 Å². The summed E-state index contributed by atoms with van der Waals surface area (Å²) in [7, 11) is 0. The number of likely N-dealkylation sites (N-methyl/N-ethyl adjacent to an activating group) is 1. The van der Waals surface area contributed by atoms with Gasteiger partial charge in [0.15, 0.2) is 11.7 Å². The lowest BCUT2D eigenvalue weighted by atomic mass is 10.1. The van der Waals surface area contributed by atoms with Crippen molar-refractivity contribution in [2.45, 2.75) is 20.3 Å². The van der Waals surface area contributed by atoms with Crippen molar-refractivity contribution in [1.29, 1.82) is 0 Å². The van der Waals surface area contributed by atoms with E-state index in [0.29, 0.717) is 17.2 Å². The van der Waals surface area contributed by atoms with Gasteiger partial charge in [0.1, 0.15) is 0 Å². The number of nitrogens with zero attached hydrogens (tertiary/aromatic N) is 2. The summed E-state index contributed by atoms with van der Waals surface area (Å²) in [6.45, 7) is 4.07. The summed E-state index contributed by atoms with van der Waals surface area (Å²) in [5.74, 6) is -0.786. The molecule has 6 heteroatoms. The van der Waals surface area contributed by atoms with Gasteiger partial charge in [-0.15, -0.1) is 0 Å². The summed E-state index contributed by atoms with van der Waals surface area (Å²) in [4.78, 5) is 30.7. The Kier molecular flexibility index (Phi) is 5.63. The Labute approximate surface area is 156 Å². The Balaban J connectivity index is 1.66. The first kappa shape index (κ1) is 18.1. The average Bonchev–Trinajstić information content (AvgIpc) is 3.10. The van der Waals surface area contributed by atoms with Crippen LogP contribution in [0.25, 0.3) is 10.2 Å². The standard InChI is InChI=1S/C20H20N2O3S/c1-3-14-9-11-15(12-10-14)19(24)25-13-18(23)22(4-2)20-21-16-7-5-6-8-17(16)26-20/h5-12H,3-4,13H2,1-2H3. The molecule has 0 saturated carbocycles. The summed E-state index contributed by atoms with van der Waals surface area (Å²) < 4.78 is 6.20. The Bertz CT molecular complexity index is 885. The van der Waals surface area contributed by atoms with Crippen molar-refractivity contribution >= 4 is 38.6 Å². The molecule has 0 aliphatic carbocycles. The van der Waals surface area contributed by atoms with Crippen LogP contribution in [0.15, 0.2) is 48.5 Å². The second kappa shape index (κ2) is 8.10. The second-order valence-electron chi connectivity index (χ2n) is 5.73. The molecule has 2 aromatic carbocycles. The molecule has 0 fully saturated rings. The zero-order valence-electron chi connectivity index (χ0n) is 14.8. The monoisotopic (exact) mass is 368 g/mol. The predicted octanol–water partition coefficient (Wildman–Crippen LogP) is 4.07. The molecule has 134 valence electrons. The molecule has 0 aliphatic heterocycles. The smallest absolute Gasteiger partial charge is 0.338 e. The minimum atomic E-state index is -0.499. The maximum absolute atomic E-state index is 12.5. The number of hydrogen-bond donors (Lipinski definition) is 0. The number of carbonyl (C=O) groups excluding carboxylic acids is 2. The molecule has 1 heterocycles. The number of aryl methyl sites for hydroxylation is 1. The number of amides is 1. The van der Waals surface area contributed by atoms with Crippen LogP contribution in [-0.2, 0) is 16.0 Å². The van der Waals surface area contributed by atoms with Crippen LogP contribution in [0, 0.1) is 0 Å². The van der Waals surface area contributed by atoms with Crippen molar-refractivity contribution in [3.05, 3.63) is 59.7 Å². The zero-order chi connectivity index (χ0) is 18.5. The number of carbonyl (C=O) groups is 2. The first-order valence-electron chi connectivity index (χ1n) is 8.54. The minimum Gasteiger partial charge on any atom is -0.452 e. The first-order chi connectivity index (χ1) is 12.6. The Hall–Kier alpha value is -2.73. The molecular weight excluding hydrogens is 348 g/mol. The topological polar surface area (TPSA) is 59.5 Å².